The lowest BCUT2D eigenvalue weighted by molar-refractivity contribution is -0.181. The summed E-state index contributed by atoms with van der Waals surface area (Å²) in [6, 6.07) is 0. The average molecular weight is 256 g/mol. The van der Waals surface area contributed by atoms with Crippen molar-refractivity contribution in [3.05, 3.63) is 0 Å². The summed E-state index contributed by atoms with van der Waals surface area (Å²) in [7, 11) is 1.50. The molecule has 2 rings (SSSR count). The molecule has 104 valence electrons. The summed E-state index contributed by atoms with van der Waals surface area (Å²) in [5.41, 5.74) is -1.24. The summed E-state index contributed by atoms with van der Waals surface area (Å²) in [5, 5.41) is 10.6. The first kappa shape index (κ1) is 13.8. The Balaban J connectivity index is 2.09. The van der Waals surface area contributed by atoms with Crippen LogP contribution < -0.4 is 0 Å². The molecular weight excluding hydrogens is 232 g/mol. The van der Waals surface area contributed by atoms with E-state index in [9.17, 15) is 9.90 Å². The van der Waals surface area contributed by atoms with Gasteiger partial charge in [0.05, 0.1) is 11.0 Å². The van der Waals surface area contributed by atoms with Gasteiger partial charge in [-0.2, -0.15) is 0 Å². The maximum Gasteiger partial charge on any atom is 0.314 e. The van der Waals surface area contributed by atoms with Gasteiger partial charge in [-0.1, -0.05) is 6.92 Å². The second kappa shape index (κ2) is 4.82. The summed E-state index contributed by atoms with van der Waals surface area (Å²) in [4.78, 5) is 12.1. The van der Waals surface area contributed by atoms with E-state index in [1.54, 1.807) is 0 Å². The lowest BCUT2D eigenvalue weighted by Crippen LogP contribution is -2.51. The van der Waals surface area contributed by atoms with Crippen molar-refractivity contribution in [2.24, 2.45) is 17.3 Å². The first-order valence-corrected chi connectivity index (χ1v) is 6.75. The highest BCUT2D eigenvalue weighted by molar-refractivity contribution is 5.76. The number of ether oxygens (including phenoxy) is 2. The van der Waals surface area contributed by atoms with Crippen LogP contribution in [0.2, 0.25) is 0 Å². The third-order valence-electron chi connectivity index (χ3n) is 4.39. The Morgan fingerprint density at radius 1 is 1.39 bits per heavy atom. The fraction of sp³-hybridized carbons (Fsp3) is 0.929. The quantitative estimate of drug-likeness (QED) is 0.620. The minimum Gasteiger partial charge on any atom is -0.438 e. The first-order valence-electron chi connectivity index (χ1n) is 6.75. The molecule has 0 saturated heterocycles. The minimum absolute atomic E-state index is 0.00603. The molecule has 4 unspecified atom stereocenters. The monoisotopic (exact) mass is 256 g/mol. The van der Waals surface area contributed by atoms with Crippen LogP contribution in [0.25, 0.3) is 0 Å². The lowest BCUT2D eigenvalue weighted by Gasteiger charge is -2.50. The molecule has 0 radical (unpaired) electrons. The fourth-order valence-electron chi connectivity index (χ4n) is 4.18. The van der Waals surface area contributed by atoms with Crippen molar-refractivity contribution >= 4 is 5.97 Å². The van der Waals surface area contributed by atoms with Gasteiger partial charge in [-0.15, -0.1) is 0 Å². The van der Waals surface area contributed by atoms with E-state index in [4.69, 9.17) is 9.47 Å². The molecule has 0 aliphatic heterocycles. The zero-order valence-corrected chi connectivity index (χ0v) is 11.6. The van der Waals surface area contributed by atoms with Crippen LogP contribution in [0.4, 0.5) is 0 Å². The van der Waals surface area contributed by atoms with Gasteiger partial charge < -0.3 is 14.6 Å². The number of carbonyl (C=O) groups excluding carboxylic acids is 1. The second-order valence-electron chi connectivity index (χ2n) is 6.62. The van der Waals surface area contributed by atoms with E-state index in [1.165, 1.54) is 7.11 Å². The van der Waals surface area contributed by atoms with E-state index < -0.39 is 11.0 Å². The van der Waals surface area contributed by atoms with Crippen molar-refractivity contribution in [3.8, 4) is 0 Å². The van der Waals surface area contributed by atoms with Crippen molar-refractivity contribution in [1.29, 1.82) is 0 Å². The van der Waals surface area contributed by atoms with Gasteiger partial charge in [0.15, 0.2) is 6.79 Å². The molecule has 0 aromatic rings. The first-order chi connectivity index (χ1) is 8.37. The van der Waals surface area contributed by atoms with Gasteiger partial charge in [0.25, 0.3) is 0 Å². The topological polar surface area (TPSA) is 55.8 Å². The normalized spacial score (nSPS) is 43.6. The van der Waals surface area contributed by atoms with Gasteiger partial charge in [0.1, 0.15) is 0 Å². The average Bonchev–Trinajstić information content (AvgIpc) is 2.21. The summed E-state index contributed by atoms with van der Waals surface area (Å²) >= 11 is 0. The Bertz CT molecular complexity index is 326. The Morgan fingerprint density at radius 3 is 2.72 bits per heavy atom. The van der Waals surface area contributed by atoms with E-state index in [1.807, 2.05) is 6.92 Å². The Hall–Kier alpha value is -0.610. The van der Waals surface area contributed by atoms with Crippen LogP contribution in [0.1, 0.15) is 46.0 Å². The number of hydrogen-bond acceptors (Lipinski definition) is 4. The molecule has 2 fully saturated rings. The maximum absolute atomic E-state index is 12.1. The van der Waals surface area contributed by atoms with Gasteiger partial charge in [-0.25, -0.2) is 0 Å². The van der Waals surface area contributed by atoms with Gasteiger partial charge in [0, 0.05) is 7.11 Å². The van der Waals surface area contributed by atoms with E-state index in [0.717, 1.165) is 25.7 Å². The molecule has 1 N–H and O–H groups in total. The third-order valence-corrected chi connectivity index (χ3v) is 4.39. The molecule has 0 spiro atoms. The highest BCUT2D eigenvalue weighted by Crippen LogP contribution is 2.52. The highest BCUT2D eigenvalue weighted by Gasteiger charge is 2.52. The zero-order valence-electron chi connectivity index (χ0n) is 11.6. The van der Waals surface area contributed by atoms with Crippen LogP contribution in [-0.4, -0.2) is 30.6 Å². The van der Waals surface area contributed by atoms with Crippen molar-refractivity contribution in [3.63, 3.8) is 0 Å². The van der Waals surface area contributed by atoms with Gasteiger partial charge in [0.2, 0.25) is 0 Å². The Morgan fingerprint density at radius 2 is 2.11 bits per heavy atom. The number of esters is 1. The molecule has 0 amide bonds. The number of rotatable bonds is 3. The maximum atomic E-state index is 12.1. The van der Waals surface area contributed by atoms with E-state index >= 15 is 0 Å². The van der Waals surface area contributed by atoms with Crippen LogP contribution in [-0.2, 0) is 14.3 Å². The van der Waals surface area contributed by atoms with E-state index in [2.05, 4.69) is 6.92 Å². The van der Waals surface area contributed by atoms with Crippen LogP contribution in [0.5, 0.6) is 0 Å². The molecule has 4 nitrogen and oxygen atoms in total. The SMILES string of the molecule is COCOC(=O)C1(C)CC2CC(C)CC(O)(C2)C1. The number of hydrogen-bond donors (Lipinski definition) is 1. The van der Waals surface area contributed by atoms with Gasteiger partial charge in [-0.05, 0) is 50.9 Å². The number of carbonyl (C=O) groups is 1. The minimum atomic E-state index is -0.679. The number of fused-ring (bicyclic) bond motifs is 2. The van der Waals surface area contributed by atoms with E-state index in [-0.39, 0.29) is 12.8 Å². The largest absolute Gasteiger partial charge is 0.438 e. The standard InChI is InChI=1S/C14H24O4/c1-10-4-11-6-13(2,12(15)18-9-17-3)8-14(16,5-10)7-11/h10-11,16H,4-9H2,1-3H3. The van der Waals surface area contributed by atoms with Gasteiger partial charge in [-0.3, -0.25) is 4.79 Å². The lowest BCUT2D eigenvalue weighted by atomic mass is 9.57. The molecule has 2 aliphatic rings. The van der Waals surface area contributed by atoms with Crippen molar-refractivity contribution in [1.82, 2.24) is 0 Å². The second-order valence-corrected chi connectivity index (χ2v) is 6.62. The Kier molecular flexibility index (Phi) is 3.70. The molecule has 2 bridgehead atoms. The van der Waals surface area contributed by atoms with Gasteiger partial charge >= 0.3 is 5.97 Å². The molecule has 0 aromatic heterocycles. The predicted molar refractivity (Wildman–Crippen MR) is 66.8 cm³/mol. The van der Waals surface area contributed by atoms with Crippen LogP contribution in [0.15, 0.2) is 0 Å². The Labute approximate surface area is 109 Å². The number of methoxy groups -OCH3 is 1. The van der Waals surface area contributed by atoms with Crippen LogP contribution in [0, 0.1) is 17.3 Å². The summed E-state index contributed by atoms with van der Waals surface area (Å²) < 4.78 is 9.88. The summed E-state index contributed by atoms with van der Waals surface area (Å²) in [6.45, 7) is 4.09. The molecule has 18 heavy (non-hydrogen) atoms. The fourth-order valence-corrected chi connectivity index (χ4v) is 4.18. The van der Waals surface area contributed by atoms with E-state index in [0.29, 0.717) is 18.3 Å². The zero-order chi connectivity index (χ0) is 13.4. The molecule has 0 heterocycles. The summed E-state index contributed by atoms with van der Waals surface area (Å²) in [5.74, 6) is 0.753. The highest BCUT2D eigenvalue weighted by atomic mass is 16.7. The van der Waals surface area contributed by atoms with Crippen LogP contribution in [0.3, 0.4) is 0 Å². The van der Waals surface area contributed by atoms with Crippen LogP contribution >= 0.6 is 0 Å². The predicted octanol–water partition coefficient (Wildman–Crippen LogP) is 2.10. The van der Waals surface area contributed by atoms with Crippen molar-refractivity contribution in [2.75, 3.05) is 13.9 Å². The smallest absolute Gasteiger partial charge is 0.314 e. The number of aliphatic hydroxyl groups is 1. The molecule has 2 aliphatic carbocycles. The van der Waals surface area contributed by atoms with Crippen molar-refractivity contribution in [2.45, 2.75) is 51.6 Å². The molecular formula is C14H24O4. The summed E-state index contributed by atoms with van der Waals surface area (Å²) in [6.07, 6.45) is 4.09. The third kappa shape index (κ3) is 2.69. The molecule has 4 atom stereocenters. The molecule has 2 saturated carbocycles. The van der Waals surface area contributed by atoms with Crippen molar-refractivity contribution < 1.29 is 19.4 Å². The molecule has 0 aromatic carbocycles. The molecule has 4 heteroatoms.